The Morgan fingerprint density at radius 3 is 2.60 bits per heavy atom. The van der Waals surface area contributed by atoms with Gasteiger partial charge in [-0.3, -0.25) is 14.9 Å². The van der Waals surface area contributed by atoms with Crippen LogP contribution in [0.5, 0.6) is 0 Å². The molecule has 0 aliphatic heterocycles. The third-order valence-corrected chi connectivity index (χ3v) is 0.997. The van der Waals surface area contributed by atoms with Gasteiger partial charge in [-0.15, -0.1) is 0 Å². The van der Waals surface area contributed by atoms with Gasteiger partial charge in [0.15, 0.2) is 0 Å². The van der Waals surface area contributed by atoms with E-state index < -0.39 is 22.9 Å². The number of carbonyl (C=O) groups excluding carboxylic acids is 1. The van der Waals surface area contributed by atoms with Crippen molar-refractivity contribution in [1.82, 2.24) is 0 Å². The van der Waals surface area contributed by atoms with Gasteiger partial charge in [0.25, 0.3) is 0 Å². The summed E-state index contributed by atoms with van der Waals surface area (Å²) in [4.78, 5) is 18.4. The number of halogens is 2. The van der Waals surface area contributed by atoms with Gasteiger partial charge < -0.3 is 0 Å². The topological polar surface area (TPSA) is 60.2 Å². The van der Waals surface area contributed by atoms with E-state index in [0.29, 0.717) is 0 Å². The summed E-state index contributed by atoms with van der Waals surface area (Å²) < 4.78 is 12.0. The van der Waals surface area contributed by atoms with Crippen LogP contribution in [0.25, 0.3) is 0 Å². The van der Waals surface area contributed by atoms with Crippen LogP contribution in [0, 0.1) is 10.1 Å². The van der Waals surface area contributed by atoms with Crippen molar-refractivity contribution in [3.05, 3.63) is 10.1 Å². The molecule has 4 nitrogen and oxygen atoms in total. The molecule has 1 unspecified atom stereocenters. The summed E-state index contributed by atoms with van der Waals surface area (Å²) in [7, 11) is 0. The Hall–Kier alpha value is -0.710. The molecule has 58 valence electrons. The molecule has 0 spiro atoms. The predicted molar refractivity (Wildman–Crippen MR) is 32.0 cm³/mol. The molecule has 0 rings (SSSR count). The van der Waals surface area contributed by atoms with Crippen molar-refractivity contribution in [1.29, 1.82) is 0 Å². The van der Waals surface area contributed by atoms with Gasteiger partial charge in [0.05, 0.1) is 11.3 Å². The van der Waals surface area contributed by atoms with Crippen LogP contribution >= 0.6 is 11.6 Å². The van der Waals surface area contributed by atoms with Crippen LogP contribution in [0.1, 0.15) is 12.8 Å². The highest BCUT2D eigenvalue weighted by Crippen LogP contribution is 2.03. The summed E-state index contributed by atoms with van der Waals surface area (Å²) in [6, 6.07) is 0. The van der Waals surface area contributed by atoms with E-state index in [1.807, 2.05) is 0 Å². The van der Waals surface area contributed by atoms with E-state index in [1.54, 1.807) is 0 Å². The summed E-state index contributed by atoms with van der Waals surface area (Å²) in [5, 5.41) is 8.83. The van der Waals surface area contributed by atoms with Gasteiger partial charge in [0.2, 0.25) is 5.24 Å². The van der Waals surface area contributed by atoms with Gasteiger partial charge in [-0.1, -0.05) is 0 Å². The van der Waals surface area contributed by atoms with Crippen molar-refractivity contribution in [3.63, 3.8) is 0 Å². The van der Waals surface area contributed by atoms with Crippen molar-refractivity contribution < 1.29 is 14.1 Å². The molecule has 0 saturated carbocycles. The Balaban J connectivity index is 3.49. The number of rotatable bonds is 4. The van der Waals surface area contributed by atoms with E-state index in [4.69, 9.17) is 11.6 Å². The van der Waals surface area contributed by atoms with Gasteiger partial charge >= 0.3 is 6.30 Å². The van der Waals surface area contributed by atoms with Crippen LogP contribution < -0.4 is 0 Å². The zero-order valence-electron chi connectivity index (χ0n) is 4.92. The zero-order valence-corrected chi connectivity index (χ0v) is 5.68. The summed E-state index contributed by atoms with van der Waals surface area (Å²) in [5.41, 5.74) is 0. The van der Waals surface area contributed by atoms with Crippen molar-refractivity contribution in [2.24, 2.45) is 0 Å². The number of hydrogen-bond donors (Lipinski definition) is 0. The lowest BCUT2D eigenvalue weighted by Crippen LogP contribution is -2.13. The summed E-state index contributed by atoms with van der Waals surface area (Å²) in [5.74, 6) is 0. The second kappa shape index (κ2) is 4.16. The highest BCUT2D eigenvalue weighted by molar-refractivity contribution is 6.63. The first-order valence-corrected chi connectivity index (χ1v) is 2.87. The number of nitrogens with zero attached hydrogens (tertiary/aromatic N) is 1. The maximum absolute atomic E-state index is 12.0. The Morgan fingerprint density at radius 2 is 2.30 bits per heavy atom. The van der Waals surface area contributed by atoms with Crippen LogP contribution in [0.2, 0.25) is 0 Å². The third kappa shape index (κ3) is 4.20. The number of carbonyl (C=O) groups is 1. The second-order valence-corrected chi connectivity index (χ2v) is 2.04. The normalized spacial score (nSPS) is 12.6. The quantitative estimate of drug-likeness (QED) is 0.274. The highest BCUT2D eigenvalue weighted by Gasteiger charge is 2.17. The minimum Gasteiger partial charge on any atom is -0.281 e. The standard InChI is InChI=1S/C4H5ClFNO3/c5-3(8)1-2-4(6)7(9)10/h4H,1-2H2. The van der Waals surface area contributed by atoms with Crippen LogP contribution in [-0.2, 0) is 4.79 Å². The first-order chi connectivity index (χ1) is 4.54. The molecule has 0 aromatic carbocycles. The molecule has 0 aliphatic rings. The lowest BCUT2D eigenvalue weighted by Gasteiger charge is -1.95. The van der Waals surface area contributed by atoms with Crippen LogP contribution in [0.3, 0.4) is 0 Å². The first kappa shape index (κ1) is 9.29. The van der Waals surface area contributed by atoms with E-state index >= 15 is 0 Å². The van der Waals surface area contributed by atoms with Crippen molar-refractivity contribution in [2.75, 3.05) is 0 Å². The van der Waals surface area contributed by atoms with E-state index in [-0.39, 0.29) is 6.42 Å². The Morgan fingerprint density at radius 1 is 1.80 bits per heavy atom. The molecule has 0 bridgehead atoms. The van der Waals surface area contributed by atoms with E-state index in [9.17, 15) is 19.3 Å². The Kier molecular flexibility index (Phi) is 3.87. The number of nitro groups is 1. The molecular weight excluding hydrogens is 164 g/mol. The van der Waals surface area contributed by atoms with Gasteiger partial charge in [-0.25, -0.2) is 0 Å². The van der Waals surface area contributed by atoms with Crippen molar-refractivity contribution >= 4 is 16.8 Å². The lowest BCUT2D eigenvalue weighted by molar-refractivity contribution is -0.554. The highest BCUT2D eigenvalue weighted by atomic mass is 35.5. The van der Waals surface area contributed by atoms with E-state index in [1.165, 1.54) is 0 Å². The fraction of sp³-hybridized carbons (Fsp3) is 0.750. The largest absolute Gasteiger partial charge is 0.350 e. The van der Waals surface area contributed by atoms with Crippen molar-refractivity contribution in [2.45, 2.75) is 19.1 Å². The fourth-order valence-electron chi connectivity index (χ4n) is 0.338. The number of hydrogen-bond acceptors (Lipinski definition) is 3. The SMILES string of the molecule is O=C(Cl)CCC(F)[N+](=O)[O-]. The number of alkyl halides is 1. The molecular formula is C4H5ClFNO3. The summed E-state index contributed by atoms with van der Waals surface area (Å²) >= 11 is 4.80. The van der Waals surface area contributed by atoms with E-state index in [2.05, 4.69) is 0 Å². The average Bonchev–Trinajstić information content (AvgIpc) is 1.82. The molecule has 6 heteroatoms. The van der Waals surface area contributed by atoms with Gasteiger partial charge in [0, 0.05) is 6.42 Å². The minimum absolute atomic E-state index is 0.302. The van der Waals surface area contributed by atoms with Gasteiger partial charge in [-0.2, -0.15) is 4.39 Å². The van der Waals surface area contributed by atoms with Crippen LogP contribution in [-0.4, -0.2) is 16.5 Å². The molecule has 0 N–H and O–H groups in total. The summed E-state index contributed by atoms with van der Waals surface area (Å²) in [6.45, 7) is 0. The summed E-state index contributed by atoms with van der Waals surface area (Å²) in [6.07, 6.45) is -2.93. The van der Waals surface area contributed by atoms with Gasteiger partial charge in [0.1, 0.15) is 0 Å². The smallest absolute Gasteiger partial charge is 0.281 e. The molecule has 10 heavy (non-hydrogen) atoms. The fourth-order valence-corrected chi connectivity index (χ4v) is 0.447. The minimum atomic E-state index is -2.18. The first-order valence-electron chi connectivity index (χ1n) is 2.50. The maximum Gasteiger partial charge on any atom is 0.350 e. The van der Waals surface area contributed by atoms with E-state index in [0.717, 1.165) is 0 Å². The Bertz CT molecular complexity index is 151. The molecule has 0 heterocycles. The molecule has 0 saturated heterocycles. The molecule has 0 aromatic heterocycles. The molecule has 0 fully saturated rings. The molecule has 0 aromatic rings. The van der Waals surface area contributed by atoms with Gasteiger partial charge in [-0.05, 0) is 11.6 Å². The monoisotopic (exact) mass is 169 g/mol. The van der Waals surface area contributed by atoms with Crippen molar-refractivity contribution in [3.8, 4) is 0 Å². The lowest BCUT2D eigenvalue weighted by atomic mass is 10.3. The zero-order chi connectivity index (χ0) is 8.15. The maximum atomic E-state index is 12.0. The third-order valence-electron chi connectivity index (χ3n) is 0.808. The Labute approximate surface area is 61.1 Å². The van der Waals surface area contributed by atoms with Crippen LogP contribution in [0.4, 0.5) is 4.39 Å². The predicted octanol–water partition coefficient (Wildman–Crippen LogP) is 1.10. The molecule has 1 atom stereocenters. The molecule has 0 aliphatic carbocycles. The molecule has 0 amide bonds. The second-order valence-electron chi connectivity index (χ2n) is 1.61. The molecule has 0 radical (unpaired) electrons. The average molecular weight is 170 g/mol. The van der Waals surface area contributed by atoms with Crippen LogP contribution in [0.15, 0.2) is 0 Å².